The molecule has 7 nitrogen and oxygen atoms in total. The largest absolute Gasteiger partial charge is 0.309 e. The van der Waals surface area contributed by atoms with Gasteiger partial charge in [-0.3, -0.25) is 9.89 Å². The number of hydrogen-bond acceptors (Lipinski definition) is 5. The van der Waals surface area contributed by atoms with Crippen LogP contribution < -0.4 is 5.32 Å². The average Bonchev–Trinajstić information content (AvgIpc) is 3.25. The Labute approximate surface area is 130 Å². The normalized spacial score (nSPS) is 17.3. The zero-order chi connectivity index (χ0) is 15.1. The second-order valence-corrected chi connectivity index (χ2v) is 6.02. The van der Waals surface area contributed by atoms with Gasteiger partial charge in [-0.05, 0) is 18.4 Å². The fourth-order valence-corrected chi connectivity index (χ4v) is 3.61. The molecular weight excluding hydrogens is 300 g/mol. The van der Waals surface area contributed by atoms with Gasteiger partial charge < -0.3 is 5.32 Å². The Morgan fingerprint density at radius 3 is 3.18 bits per heavy atom. The molecule has 0 saturated carbocycles. The molecule has 0 spiro atoms. The summed E-state index contributed by atoms with van der Waals surface area (Å²) in [6, 6.07) is 4.04. The highest BCUT2D eigenvalue weighted by Crippen LogP contribution is 2.41. The number of nitrogens with zero attached hydrogens (tertiary/aromatic N) is 4. The maximum Gasteiger partial charge on any atom is 0.226 e. The van der Waals surface area contributed by atoms with Gasteiger partial charge in [-0.1, -0.05) is 6.07 Å². The van der Waals surface area contributed by atoms with Crippen LogP contribution in [0.2, 0.25) is 0 Å². The molecule has 4 rings (SSSR count). The Kier molecular flexibility index (Phi) is 3.04. The van der Waals surface area contributed by atoms with Gasteiger partial charge in [-0.25, -0.2) is 9.67 Å². The molecule has 1 aliphatic heterocycles. The van der Waals surface area contributed by atoms with Crippen molar-refractivity contribution in [3.8, 4) is 10.6 Å². The van der Waals surface area contributed by atoms with Gasteiger partial charge in [0, 0.05) is 18.5 Å². The first-order chi connectivity index (χ1) is 10.8. The van der Waals surface area contributed by atoms with Crippen molar-refractivity contribution in [1.82, 2.24) is 25.0 Å². The van der Waals surface area contributed by atoms with Crippen molar-refractivity contribution in [3.63, 3.8) is 0 Å². The number of aromatic nitrogens is 5. The summed E-state index contributed by atoms with van der Waals surface area (Å²) in [6.45, 7) is 2.73. The zero-order valence-electron chi connectivity index (χ0n) is 11.9. The lowest BCUT2D eigenvalue weighted by atomic mass is 9.90. The van der Waals surface area contributed by atoms with Crippen molar-refractivity contribution < 1.29 is 4.79 Å². The Hall–Kier alpha value is -2.48. The van der Waals surface area contributed by atoms with Gasteiger partial charge in [0.15, 0.2) is 5.82 Å². The predicted molar refractivity (Wildman–Crippen MR) is 82.7 cm³/mol. The van der Waals surface area contributed by atoms with Crippen LogP contribution in [0.25, 0.3) is 10.6 Å². The van der Waals surface area contributed by atoms with E-state index in [0.29, 0.717) is 12.2 Å². The second kappa shape index (κ2) is 5.06. The van der Waals surface area contributed by atoms with Crippen LogP contribution >= 0.6 is 11.3 Å². The third-order valence-corrected chi connectivity index (χ3v) is 4.71. The number of aryl methyl sites for hydroxylation is 1. The summed E-state index contributed by atoms with van der Waals surface area (Å²) in [5.41, 5.74) is 1.94. The molecular formula is C14H14N6OS. The number of carbonyl (C=O) groups excluding carboxylic acids is 1. The zero-order valence-corrected chi connectivity index (χ0v) is 12.7. The van der Waals surface area contributed by atoms with E-state index in [1.807, 2.05) is 29.1 Å². The molecule has 0 aromatic carbocycles. The molecule has 1 atom stereocenters. The molecule has 0 radical (unpaired) electrons. The van der Waals surface area contributed by atoms with Crippen molar-refractivity contribution in [1.29, 1.82) is 0 Å². The van der Waals surface area contributed by atoms with Crippen molar-refractivity contribution in [3.05, 3.63) is 35.2 Å². The molecule has 2 N–H and O–H groups in total. The minimum atomic E-state index is -0.137. The van der Waals surface area contributed by atoms with Crippen molar-refractivity contribution in [2.24, 2.45) is 0 Å². The van der Waals surface area contributed by atoms with Gasteiger partial charge in [0.25, 0.3) is 0 Å². The third-order valence-electron chi connectivity index (χ3n) is 3.82. The first-order valence-electron chi connectivity index (χ1n) is 7.07. The molecule has 112 valence electrons. The maximum atomic E-state index is 12.0. The van der Waals surface area contributed by atoms with Crippen LogP contribution in [0.4, 0.5) is 5.82 Å². The molecule has 1 unspecified atom stereocenters. The molecule has 0 fully saturated rings. The summed E-state index contributed by atoms with van der Waals surface area (Å²) in [7, 11) is 0. The Bertz CT molecular complexity index is 818. The molecule has 3 aromatic rings. The van der Waals surface area contributed by atoms with Crippen LogP contribution in [0.1, 0.15) is 30.7 Å². The summed E-state index contributed by atoms with van der Waals surface area (Å²) in [5, 5.41) is 16.4. The van der Waals surface area contributed by atoms with Gasteiger partial charge in [0.05, 0.1) is 16.5 Å². The van der Waals surface area contributed by atoms with E-state index in [2.05, 4.69) is 25.6 Å². The number of aromatic amines is 1. The molecule has 22 heavy (non-hydrogen) atoms. The van der Waals surface area contributed by atoms with E-state index in [4.69, 9.17) is 0 Å². The number of anilines is 1. The summed E-state index contributed by atoms with van der Waals surface area (Å²) < 4.78 is 1.83. The molecule has 3 aromatic heterocycles. The Morgan fingerprint density at radius 2 is 2.41 bits per heavy atom. The van der Waals surface area contributed by atoms with E-state index in [9.17, 15) is 4.79 Å². The van der Waals surface area contributed by atoms with E-state index >= 15 is 0 Å². The summed E-state index contributed by atoms with van der Waals surface area (Å²) in [6.07, 6.45) is 1.89. The average molecular weight is 314 g/mol. The quantitative estimate of drug-likeness (QED) is 0.776. The molecule has 4 heterocycles. The number of H-pyrrole nitrogens is 1. The van der Waals surface area contributed by atoms with E-state index in [1.54, 1.807) is 11.3 Å². The summed E-state index contributed by atoms with van der Waals surface area (Å²) in [5.74, 6) is 1.21. The molecule has 0 bridgehead atoms. The fourth-order valence-electron chi connectivity index (χ4n) is 2.87. The van der Waals surface area contributed by atoms with Crippen LogP contribution in [-0.4, -0.2) is 30.9 Å². The second-order valence-electron chi connectivity index (χ2n) is 5.08. The van der Waals surface area contributed by atoms with E-state index in [1.165, 1.54) is 6.33 Å². The number of thiophene rings is 1. The molecule has 0 aliphatic carbocycles. The first kappa shape index (κ1) is 13.2. The highest BCUT2D eigenvalue weighted by atomic mass is 32.1. The van der Waals surface area contributed by atoms with Crippen LogP contribution in [-0.2, 0) is 11.3 Å². The highest BCUT2D eigenvalue weighted by molar-refractivity contribution is 7.13. The van der Waals surface area contributed by atoms with Gasteiger partial charge in [0.2, 0.25) is 5.91 Å². The van der Waals surface area contributed by atoms with Gasteiger partial charge >= 0.3 is 0 Å². The lowest BCUT2D eigenvalue weighted by Gasteiger charge is -2.22. The Morgan fingerprint density at radius 1 is 1.50 bits per heavy atom. The van der Waals surface area contributed by atoms with Crippen molar-refractivity contribution in [2.45, 2.75) is 25.8 Å². The van der Waals surface area contributed by atoms with Crippen LogP contribution in [0.5, 0.6) is 0 Å². The number of amides is 1. The van der Waals surface area contributed by atoms with E-state index < -0.39 is 0 Å². The third kappa shape index (κ3) is 1.95. The van der Waals surface area contributed by atoms with Crippen LogP contribution in [0.15, 0.2) is 23.8 Å². The fraction of sp³-hybridized carbons (Fsp3) is 0.286. The standard InChI is InChI=1S/C14H14N6OS/c1-2-20-14(15-7-16-20)8-6-10(21)17-13-11(8)12(18-19-13)9-4-3-5-22-9/h3-5,7-8H,2,6H2,1H3,(H2,17,18,19,21). The van der Waals surface area contributed by atoms with E-state index in [0.717, 1.165) is 28.5 Å². The van der Waals surface area contributed by atoms with Gasteiger partial charge in [0.1, 0.15) is 12.2 Å². The smallest absolute Gasteiger partial charge is 0.226 e. The van der Waals surface area contributed by atoms with Crippen molar-refractivity contribution in [2.75, 3.05) is 5.32 Å². The topological polar surface area (TPSA) is 88.5 Å². The highest BCUT2D eigenvalue weighted by Gasteiger charge is 2.34. The minimum Gasteiger partial charge on any atom is -0.309 e. The van der Waals surface area contributed by atoms with Crippen molar-refractivity contribution >= 4 is 23.1 Å². The lowest BCUT2D eigenvalue weighted by Crippen LogP contribution is -2.25. The van der Waals surface area contributed by atoms with E-state index in [-0.39, 0.29) is 11.8 Å². The summed E-state index contributed by atoms with van der Waals surface area (Å²) in [4.78, 5) is 17.5. The first-order valence-corrected chi connectivity index (χ1v) is 7.95. The Balaban J connectivity index is 1.89. The SMILES string of the molecule is CCn1ncnc1C1CC(=O)Nc2n[nH]c(-c3cccs3)c21. The summed E-state index contributed by atoms with van der Waals surface area (Å²) >= 11 is 1.64. The maximum absolute atomic E-state index is 12.0. The number of fused-ring (bicyclic) bond motifs is 1. The minimum absolute atomic E-state index is 0.0487. The number of rotatable bonds is 3. The lowest BCUT2D eigenvalue weighted by molar-refractivity contribution is -0.116. The van der Waals surface area contributed by atoms with Crippen LogP contribution in [0, 0.1) is 0 Å². The predicted octanol–water partition coefficient (Wildman–Crippen LogP) is 2.22. The molecule has 1 amide bonds. The number of nitrogens with one attached hydrogen (secondary N) is 2. The van der Waals surface area contributed by atoms with Gasteiger partial charge in [-0.15, -0.1) is 11.3 Å². The van der Waals surface area contributed by atoms with Crippen LogP contribution in [0.3, 0.4) is 0 Å². The monoisotopic (exact) mass is 314 g/mol. The number of hydrogen-bond donors (Lipinski definition) is 2. The molecule has 1 aliphatic rings. The molecule has 8 heteroatoms. The van der Waals surface area contributed by atoms with Gasteiger partial charge in [-0.2, -0.15) is 10.2 Å². The number of carbonyl (C=O) groups is 1. The molecule has 0 saturated heterocycles.